The van der Waals surface area contributed by atoms with E-state index >= 15 is 0 Å². The molecule has 0 aromatic heterocycles. The van der Waals surface area contributed by atoms with E-state index in [2.05, 4.69) is 32.3 Å². The Morgan fingerprint density at radius 1 is 1.22 bits per heavy atom. The highest BCUT2D eigenvalue weighted by Gasteiger charge is 2.37. The molecule has 0 aliphatic carbocycles. The maximum Gasteiger partial charge on any atom is 0.336 e. The minimum atomic E-state index is -1.03. The number of benzene rings is 1. The van der Waals surface area contributed by atoms with Crippen LogP contribution < -0.4 is 0 Å². The predicted molar refractivity (Wildman–Crippen MR) is 139 cm³/mol. The third-order valence-electron chi connectivity index (χ3n) is 5.67. The van der Waals surface area contributed by atoms with Crippen molar-refractivity contribution in [3.8, 4) is 0 Å². The van der Waals surface area contributed by atoms with E-state index in [4.69, 9.17) is 12.2 Å². The fourth-order valence-corrected chi connectivity index (χ4v) is 7.04. The number of carboxylic acids is 1. The Morgan fingerprint density at radius 2 is 1.91 bits per heavy atom. The van der Waals surface area contributed by atoms with E-state index in [0.717, 1.165) is 24.4 Å². The van der Waals surface area contributed by atoms with Gasteiger partial charge in [-0.2, -0.15) is 0 Å². The number of carboxylic acid groups (broad SMARTS) is 1. The summed E-state index contributed by atoms with van der Waals surface area (Å²) in [6.07, 6.45) is 5.70. The van der Waals surface area contributed by atoms with E-state index in [9.17, 15) is 14.7 Å². The molecule has 32 heavy (non-hydrogen) atoms. The Balaban J connectivity index is 2.23. The molecule has 2 unspecified atom stereocenters. The molecule has 0 bridgehead atoms. The predicted octanol–water partition coefficient (Wildman–Crippen LogP) is 5.61. The lowest BCUT2D eigenvalue weighted by atomic mass is 9.98. The Bertz CT molecular complexity index is 1000. The molecule has 0 saturated carbocycles. The standard InChI is InChI=1S/C24H28N2O3S3/c1-5-13-26-22(27)21(32-24(26)30)17(15-11-9-10-12-16(15)23(28)29)14-20-25(8-4)18(6-2)19(7-3)31-20/h5,9-12,14,18-19H,1,6-8,13H2,2-4H3,(H,28,29). The topological polar surface area (TPSA) is 60.9 Å². The highest BCUT2D eigenvalue weighted by atomic mass is 32.2. The van der Waals surface area contributed by atoms with Gasteiger partial charge in [0.25, 0.3) is 5.91 Å². The Morgan fingerprint density at radius 3 is 2.47 bits per heavy atom. The molecule has 2 saturated heterocycles. The summed E-state index contributed by atoms with van der Waals surface area (Å²) in [5, 5.41) is 11.4. The SMILES string of the molecule is C=CCN1C(=O)C(=C(C=C2SC(CC)C(CC)N2CC)c2ccccc2C(=O)O)SC1=S. The summed E-state index contributed by atoms with van der Waals surface area (Å²) >= 11 is 8.48. The minimum absolute atomic E-state index is 0.165. The van der Waals surface area contributed by atoms with E-state index < -0.39 is 5.97 Å². The van der Waals surface area contributed by atoms with Gasteiger partial charge in [-0.15, -0.1) is 18.3 Å². The average Bonchev–Trinajstić information content (AvgIpc) is 3.28. The summed E-state index contributed by atoms with van der Waals surface area (Å²) < 4.78 is 0.456. The van der Waals surface area contributed by atoms with Gasteiger partial charge in [-0.05, 0) is 37.5 Å². The van der Waals surface area contributed by atoms with Crippen LogP contribution in [-0.4, -0.2) is 55.5 Å². The molecule has 1 aromatic carbocycles. The minimum Gasteiger partial charge on any atom is -0.478 e. The maximum atomic E-state index is 13.3. The number of thiocarbonyl (C=S) groups is 1. The molecule has 1 N–H and O–H groups in total. The third kappa shape index (κ3) is 4.67. The molecule has 2 fully saturated rings. The van der Waals surface area contributed by atoms with Crippen molar-refractivity contribution < 1.29 is 14.7 Å². The molecular formula is C24H28N2O3S3. The molecular weight excluding hydrogens is 460 g/mol. The van der Waals surface area contributed by atoms with Crippen LogP contribution in [0, 0.1) is 0 Å². The van der Waals surface area contributed by atoms with Crippen molar-refractivity contribution in [1.29, 1.82) is 0 Å². The highest BCUT2D eigenvalue weighted by Crippen LogP contribution is 2.45. The zero-order valence-corrected chi connectivity index (χ0v) is 21.0. The summed E-state index contributed by atoms with van der Waals surface area (Å²) in [5.41, 5.74) is 1.30. The third-order valence-corrected chi connectivity index (χ3v) is 8.68. The molecule has 5 nitrogen and oxygen atoms in total. The number of carbonyl (C=O) groups is 2. The normalized spacial score (nSPS) is 23.9. The molecule has 2 heterocycles. The van der Waals surface area contributed by atoms with Crippen molar-refractivity contribution in [1.82, 2.24) is 9.80 Å². The van der Waals surface area contributed by atoms with Crippen molar-refractivity contribution in [3.05, 3.63) is 64.1 Å². The van der Waals surface area contributed by atoms with Crippen molar-refractivity contribution in [2.45, 2.75) is 44.9 Å². The van der Waals surface area contributed by atoms with Crippen LogP contribution >= 0.6 is 35.7 Å². The molecule has 1 aromatic rings. The van der Waals surface area contributed by atoms with Crippen LogP contribution in [0.1, 0.15) is 49.5 Å². The van der Waals surface area contributed by atoms with E-state index in [1.807, 2.05) is 17.8 Å². The maximum absolute atomic E-state index is 13.3. The first-order chi connectivity index (χ1) is 15.4. The fourth-order valence-electron chi connectivity index (χ4n) is 4.15. The van der Waals surface area contributed by atoms with E-state index in [1.54, 1.807) is 30.3 Å². The van der Waals surface area contributed by atoms with Crippen molar-refractivity contribution in [2.24, 2.45) is 0 Å². The van der Waals surface area contributed by atoms with E-state index in [1.165, 1.54) is 16.7 Å². The summed E-state index contributed by atoms with van der Waals surface area (Å²) in [4.78, 5) is 29.6. The second-order valence-electron chi connectivity index (χ2n) is 7.47. The van der Waals surface area contributed by atoms with Crippen LogP contribution in [-0.2, 0) is 4.79 Å². The number of nitrogens with zero attached hydrogens (tertiary/aromatic N) is 2. The van der Waals surface area contributed by atoms with Crippen LogP contribution in [0.5, 0.6) is 0 Å². The number of hydrogen-bond acceptors (Lipinski definition) is 6. The van der Waals surface area contributed by atoms with Crippen LogP contribution in [0.3, 0.4) is 0 Å². The molecule has 0 radical (unpaired) electrons. The second-order valence-corrected chi connectivity index (χ2v) is 10.4. The lowest BCUT2D eigenvalue weighted by Gasteiger charge is -2.27. The molecule has 3 rings (SSSR count). The lowest BCUT2D eigenvalue weighted by molar-refractivity contribution is -0.121. The fraction of sp³-hybridized carbons (Fsp3) is 0.375. The van der Waals surface area contributed by atoms with Crippen molar-refractivity contribution in [3.63, 3.8) is 0 Å². The van der Waals surface area contributed by atoms with Gasteiger partial charge in [0.2, 0.25) is 0 Å². The second kappa shape index (κ2) is 10.7. The van der Waals surface area contributed by atoms with Gasteiger partial charge < -0.3 is 10.0 Å². The van der Waals surface area contributed by atoms with E-state index in [-0.39, 0.29) is 11.5 Å². The number of hydrogen-bond donors (Lipinski definition) is 1. The number of carbonyl (C=O) groups excluding carboxylic acids is 1. The van der Waals surface area contributed by atoms with Gasteiger partial charge in [-0.25, -0.2) is 4.79 Å². The van der Waals surface area contributed by atoms with Gasteiger partial charge in [0.15, 0.2) is 0 Å². The summed E-state index contributed by atoms with van der Waals surface area (Å²) in [7, 11) is 0. The Kier molecular flexibility index (Phi) is 8.25. The van der Waals surface area contributed by atoms with Crippen molar-refractivity contribution in [2.75, 3.05) is 13.1 Å². The van der Waals surface area contributed by atoms with Gasteiger partial charge in [0, 0.05) is 30.0 Å². The number of amides is 1. The number of rotatable bonds is 8. The molecule has 170 valence electrons. The first-order valence-corrected chi connectivity index (χ1v) is 12.8. The van der Waals surface area contributed by atoms with Crippen LogP contribution in [0.2, 0.25) is 0 Å². The van der Waals surface area contributed by atoms with Gasteiger partial charge >= 0.3 is 5.97 Å². The molecule has 1 amide bonds. The highest BCUT2D eigenvalue weighted by molar-refractivity contribution is 8.26. The van der Waals surface area contributed by atoms with Gasteiger partial charge in [0.1, 0.15) is 4.32 Å². The largest absolute Gasteiger partial charge is 0.478 e. The van der Waals surface area contributed by atoms with Gasteiger partial charge in [0.05, 0.1) is 15.5 Å². The molecule has 2 aliphatic rings. The summed E-state index contributed by atoms with van der Waals surface area (Å²) in [6.45, 7) is 11.4. The van der Waals surface area contributed by atoms with E-state index in [0.29, 0.717) is 38.2 Å². The molecule has 8 heteroatoms. The molecule has 0 spiro atoms. The molecule has 2 atom stereocenters. The zero-order valence-electron chi connectivity index (χ0n) is 18.5. The molecule has 2 aliphatic heterocycles. The van der Waals surface area contributed by atoms with Crippen LogP contribution in [0.15, 0.2) is 52.9 Å². The summed E-state index contributed by atoms with van der Waals surface area (Å²) in [6, 6.07) is 7.24. The average molecular weight is 489 g/mol. The Labute approximate surface area is 203 Å². The first kappa shape index (κ1) is 24.6. The quantitative estimate of drug-likeness (QED) is 0.290. The zero-order chi connectivity index (χ0) is 23.4. The first-order valence-electron chi connectivity index (χ1n) is 10.7. The number of thioether (sulfide) groups is 2. The van der Waals surface area contributed by atoms with Crippen molar-refractivity contribution >= 4 is 57.5 Å². The van der Waals surface area contributed by atoms with Gasteiger partial charge in [-0.3, -0.25) is 9.69 Å². The Hall–Kier alpha value is -2.03. The number of allylic oxidation sites excluding steroid dienone is 2. The lowest BCUT2D eigenvalue weighted by Crippen LogP contribution is -2.33. The monoisotopic (exact) mass is 488 g/mol. The summed E-state index contributed by atoms with van der Waals surface area (Å²) in [5.74, 6) is -1.24. The van der Waals surface area contributed by atoms with Crippen LogP contribution in [0.4, 0.5) is 0 Å². The van der Waals surface area contributed by atoms with Gasteiger partial charge in [-0.1, -0.05) is 62.1 Å². The number of aromatic carboxylic acids is 1. The smallest absolute Gasteiger partial charge is 0.336 e. The van der Waals surface area contributed by atoms with Crippen LogP contribution in [0.25, 0.3) is 5.57 Å².